The van der Waals surface area contributed by atoms with Crippen molar-refractivity contribution in [2.45, 2.75) is 6.92 Å². The van der Waals surface area contributed by atoms with Gasteiger partial charge >= 0.3 is 0 Å². The molecular weight excluding hydrogens is 486 g/mol. The monoisotopic (exact) mass is 497 g/mol. The Morgan fingerprint density at radius 1 is 1.35 bits per heavy atom. The zero-order valence-corrected chi connectivity index (χ0v) is 17.7. The molecule has 0 aliphatic heterocycles. The van der Waals surface area contributed by atoms with Gasteiger partial charge in [-0.3, -0.25) is 4.79 Å². The first-order valence-corrected chi connectivity index (χ1v) is 9.68. The minimum absolute atomic E-state index is 0.326. The summed E-state index contributed by atoms with van der Waals surface area (Å²) in [6.07, 6.45) is 2.93. The first-order valence-electron chi connectivity index (χ1n) is 7.28. The number of benzene rings is 1. The Bertz CT molecular complexity index is 1010. The van der Waals surface area contributed by atoms with Crippen LogP contribution in [0, 0.1) is 6.92 Å². The fourth-order valence-corrected chi connectivity index (χ4v) is 4.97. The van der Waals surface area contributed by atoms with Crippen molar-refractivity contribution in [2.24, 2.45) is 5.10 Å². The summed E-state index contributed by atoms with van der Waals surface area (Å²) in [7, 11) is 1.59. The number of aryl methyl sites for hydroxylation is 1. The van der Waals surface area contributed by atoms with E-state index >= 15 is 0 Å². The first kappa shape index (κ1) is 18.7. The second-order valence-electron chi connectivity index (χ2n) is 5.21. The summed E-state index contributed by atoms with van der Waals surface area (Å²) in [5.74, 6) is 0.720. The van der Waals surface area contributed by atoms with Gasteiger partial charge in [-0.25, -0.2) is 15.4 Å². The lowest BCUT2D eigenvalue weighted by Crippen LogP contribution is -2.17. The van der Waals surface area contributed by atoms with E-state index in [4.69, 9.17) is 10.5 Å². The van der Waals surface area contributed by atoms with Crippen LogP contribution in [-0.4, -0.2) is 29.2 Å². The number of methoxy groups -OCH3 is 1. The molecule has 134 valence electrons. The highest BCUT2D eigenvalue weighted by atomic mass is 79.9. The molecule has 3 aromatic rings. The van der Waals surface area contributed by atoms with Crippen LogP contribution < -0.4 is 15.9 Å². The molecule has 10 heteroatoms. The third kappa shape index (κ3) is 3.57. The molecule has 0 bridgehead atoms. The number of nitrogens with zero attached hydrogens (tertiary/aromatic N) is 3. The molecule has 0 saturated heterocycles. The maximum atomic E-state index is 12.4. The largest absolute Gasteiger partial charge is 0.494 e. The highest BCUT2D eigenvalue weighted by molar-refractivity contribution is 9.11. The van der Waals surface area contributed by atoms with E-state index in [0.717, 1.165) is 20.1 Å². The van der Waals surface area contributed by atoms with E-state index in [1.807, 2.05) is 19.1 Å². The van der Waals surface area contributed by atoms with Gasteiger partial charge in [0, 0.05) is 0 Å². The van der Waals surface area contributed by atoms with Crippen LogP contribution in [0.25, 0.3) is 10.2 Å². The van der Waals surface area contributed by atoms with Gasteiger partial charge in [0.2, 0.25) is 0 Å². The van der Waals surface area contributed by atoms with Crippen LogP contribution in [0.4, 0.5) is 5.82 Å². The van der Waals surface area contributed by atoms with Crippen molar-refractivity contribution in [1.29, 1.82) is 0 Å². The Morgan fingerprint density at radius 3 is 2.65 bits per heavy atom. The number of hydrazone groups is 1. The predicted octanol–water partition coefficient (Wildman–Crippen LogP) is 3.88. The lowest BCUT2D eigenvalue weighted by molar-refractivity contribution is 0.0958. The van der Waals surface area contributed by atoms with Crippen LogP contribution in [0.15, 0.2) is 32.5 Å². The maximum Gasteiger partial charge on any atom is 0.281 e. The Labute approximate surface area is 169 Å². The third-order valence-corrected chi connectivity index (χ3v) is 5.94. The van der Waals surface area contributed by atoms with Gasteiger partial charge in [0.05, 0.1) is 32.5 Å². The highest BCUT2D eigenvalue weighted by Gasteiger charge is 2.18. The number of anilines is 1. The second kappa shape index (κ2) is 7.68. The maximum absolute atomic E-state index is 12.4. The minimum atomic E-state index is -0.326. The summed E-state index contributed by atoms with van der Waals surface area (Å²) >= 11 is 8.10. The number of ether oxygens (including phenoxy) is 1. The molecule has 0 unspecified atom stereocenters. The first-order chi connectivity index (χ1) is 12.4. The number of hydrogen-bond acceptors (Lipinski definition) is 7. The van der Waals surface area contributed by atoms with Crippen molar-refractivity contribution in [3.8, 4) is 5.75 Å². The molecule has 0 aliphatic rings. The number of hydrogen-bond donors (Lipinski definition) is 2. The van der Waals surface area contributed by atoms with E-state index in [0.29, 0.717) is 26.7 Å². The molecule has 1 amide bonds. The Hall–Kier alpha value is -2.04. The van der Waals surface area contributed by atoms with Gasteiger partial charge in [0.25, 0.3) is 5.91 Å². The lowest BCUT2D eigenvalue weighted by atomic mass is 10.2. The smallest absolute Gasteiger partial charge is 0.281 e. The van der Waals surface area contributed by atoms with Crippen molar-refractivity contribution < 1.29 is 9.53 Å². The van der Waals surface area contributed by atoms with E-state index in [9.17, 15) is 4.79 Å². The highest BCUT2D eigenvalue weighted by Crippen LogP contribution is 2.34. The van der Waals surface area contributed by atoms with E-state index in [1.165, 1.54) is 17.7 Å². The molecule has 2 heterocycles. The van der Waals surface area contributed by atoms with Crippen molar-refractivity contribution in [1.82, 2.24) is 15.4 Å². The van der Waals surface area contributed by atoms with Gasteiger partial charge in [-0.2, -0.15) is 5.10 Å². The van der Waals surface area contributed by atoms with Crippen LogP contribution in [0.1, 0.15) is 20.8 Å². The quantitative estimate of drug-likeness (QED) is 0.419. The number of rotatable bonds is 4. The summed E-state index contributed by atoms with van der Waals surface area (Å²) in [5, 5.41) is 4.73. The predicted molar refractivity (Wildman–Crippen MR) is 110 cm³/mol. The summed E-state index contributed by atoms with van der Waals surface area (Å²) in [6, 6.07) is 3.67. The number of halogens is 2. The molecule has 0 radical (unpaired) electrons. The number of nitrogen functional groups attached to an aromatic ring is 1. The van der Waals surface area contributed by atoms with E-state index in [1.54, 1.807) is 13.3 Å². The Balaban J connectivity index is 1.80. The summed E-state index contributed by atoms with van der Waals surface area (Å²) in [5.41, 5.74) is 9.93. The van der Waals surface area contributed by atoms with Crippen LogP contribution in [-0.2, 0) is 0 Å². The van der Waals surface area contributed by atoms with Crippen LogP contribution >= 0.6 is 43.2 Å². The van der Waals surface area contributed by atoms with Crippen molar-refractivity contribution in [2.75, 3.05) is 12.8 Å². The van der Waals surface area contributed by atoms with Gasteiger partial charge in [-0.1, -0.05) is 0 Å². The summed E-state index contributed by atoms with van der Waals surface area (Å²) in [6.45, 7) is 1.81. The number of nitrogens with one attached hydrogen (secondary N) is 1. The fourth-order valence-electron chi connectivity index (χ4n) is 2.38. The molecule has 1 aromatic carbocycles. The second-order valence-corrected chi connectivity index (χ2v) is 7.92. The number of thiophene rings is 1. The van der Waals surface area contributed by atoms with E-state index < -0.39 is 0 Å². The van der Waals surface area contributed by atoms with Crippen LogP contribution in [0.5, 0.6) is 5.75 Å². The number of nitrogens with two attached hydrogens (primary N) is 1. The molecule has 7 nitrogen and oxygen atoms in total. The Morgan fingerprint density at radius 2 is 2.04 bits per heavy atom. The molecule has 3 rings (SSSR count). The van der Waals surface area contributed by atoms with Gasteiger partial charge in [0.1, 0.15) is 22.7 Å². The molecule has 26 heavy (non-hydrogen) atoms. The van der Waals surface area contributed by atoms with E-state index in [2.05, 4.69) is 52.4 Å². The number of carbonyl (C=O) groups excluding carboxylic acids is 1. The fraction of sp³-hybridized carbons (Fsp3) is 0.125. The number of aromatic nitrogens is 2. The van der Waals surface area contributed by atoms with Gasteiger partial charge in [0.15, 0.2) is 0 Å². The van der Waals surface area contributed by atoms with Crippen molar-refractivity contribution in [3.05, 3.63) is 43.4 Å². The summed E-state index contributed by atoms with van der Waals surface area (Å²) < 4.78 is 6.80. The summed E-state index contributed by atoms with van der Waals surface area (Å²) in [4.78, 5) is 21.7. The van der Waals surface area contributed by atoms with Gasteiger partial charge < -0.3 is 10.5 Å². The number of amides is 1. The van der Waals surface area contributed by atoms with Gasteiger partial charge in [-0.05, 0) is 62.0 Å². The van der Waals surface area contributed by atoms with Crippen LogP contribution in [0.2, 0.25) is 0 Å². The molecule has 3 N–H and O–H groups in total. The molecule has 0 spiro atoms. The van der Waals surface area contributed by atoms with Crippen LogP contribution in [0.3, 0.4) is 0 Å². The number of fused-ring (bicyclic) bond motifs is 1. The molecular formula is C16H13Br2N5O2S. The Kier molecular flexibility index (Phi) is 5.54. The third-order valence-electron chi connectivity index (χ3n) is 3.57. The van der Waals surface area contributed by atoms with Gasteiger partial charge in [-0.15, -0.1) is 11.3 Å². The average Bonchev–Trinajstić information content (AvgIpc) is 2.93. The molecule has 0 fully saturated rings. The number of carbonyl (C=O) groups is 1. The molecule has 2 aromatic heterocycles. The zero-order chi connectivity index (χ0) is 18.8. The standard InChI is InChI=1S/C16H13Br2N5O2S/c1-7-11-14(19)20-6-21-16(11)26-13(7)15(24)23-22-5-8-3-9(17)12(25-2)10(18)4-8/h3-6H,1-2H3,(H,23,24)(H2,19,20,21)/b22-5-. The lowest BCUT2D eigenvalue weighted by Gasteiger charge is -2.06. The minimum Gasteiger partial charge on any atom is -0.494 e. The van der Waals surface area contributed by atoms with Crippen molar-refractivity contribution >= 4 is 71.4 Å². The average molecular weight is 499 g/mol. The molecule has 0 aliphatic carbocycles. The normalized spacial score (nSPS) is 11.2. The zero-order valence-electron chi connectivity index (χ0n) is 13.7. The molecule has 0 atom stereocenters. The van der Waals surface area contributed by atoms with E-state index in [-0.39, 0.29) is 5.91 Å². The van der Waals surface area contributed by atoms with Crippen molar-refractivity contribution in [3.63, 3.8) is 0 Å². The molecule has 0 saturated carbocycles. The SMILES string of the molecule is COc1c(Br)cc(/C=N\NC(=O)c2sc3ncnc(N)c3c2C)cc1Br. The topological polar surface area (TPSA) is 102 Å².